The molecule has 1 aliphatic rings. The highest BCUT2D eigenvalue weighted by atomic mass is 16.3. The molecule has 1 aliphatic heterocycles. The quantitative estimate of drug-likeness (QED) is 0.809. The number of amides is 2. The highest BCUT2D eigenvalue weighted by molar-refractivity contribution is 5.88. The van der Waals surface area contributed by atoms with E-state index in [1.165, 1.54) is 0 Å². The summed E-state index contributed by atoms with van der Waals surface area (Å²) in [5.74, 6) is -0.0209. The fourth-order valence-electron chi connectivity index (χ4n) is 2.71. The number of nitrogens with zero attached hydrogens (tertiary/aromatic N) is 3. The molecule has 0 saturated carbocycles. The Labute approximate surface area is 130 Å². The fourth-order valence-corrected chi connectivity index (χ4v) is 2.71. The van der Waals surface area contributed by atoms with Gasteiger partial charge in [0.05, 0.1) is 0 Å². The second-order valence-electron chi connectivity index (χ2n) is 5.56. The van der Waals surface area contributed by atoms with E-state index in [4.69, 9.17) is 5.11 Å². The molecular formula is C16H23N3O3. The topological polar surface area (TPSA) is 73.7 Å². The number of rotatable bonds is 7. The normalized spacial score (nSPS) is 15.9. The molecule has 1 saturated heterocycles. The zero-order valence-electron chi connectivity index (χ0n) is 12.9. The van der Waals surface area contributed by atoms with Crippen molar-refractivity contribution in [3.63, 3.8) is 0 Å². The molecule has 1 unspecified atom stereocenters. The molecule has 1 aromatic heterocycles. The van der Waals surface area contributed by atoms with Crippen molar-refractivity contribution < 1.29 is 14.7 Å². The van der Waals surface area contributed by atoms with Crippen molar-refractivity contribution in [3.8, 4) is 0 Å². The molecule has 1 N–H and O–H groups in total. The molecule has 6 heteroatoms. The van der Waals surface area contributed by atoms with Gasteiger partial charge in [-0.3, -0.25) is 14.6 Å². The standard InChI is InChI=1S/C16H23N3O3/c1-13(19-10-2-4-15(19)21)16(22)18(9-3-11-20)12-14-5-7-17-8-6-14/h5-8,13,20H,2-4,9-12H2,1H3. The van der Waals surface area contributed by atoms with Gasteiger partial charge in [-0.05, 0) is 37.5 Å². The van der Waals surface area contributed by atoms with E-state index >= 15 is 0 Å². The van der Waals surface area contributed by atoms with Crippen molar-refractivity contribution >= 4 is 11.8 Å². The molecule has 2 amide bonds. The highest BCUT2D eigenvalue weighted by Crippen LogP contribution is 2.16. The summed E-state index contributed by atoms with van der Waals surface area (Å²) in [6, 6.07) is 3.28. The first-order valence-electron chi connectivity index (χ1n) is 7.71. The van der Waals surface area contributed by atoms with Gasteiger partial charge in [-0.25, -0.2) is 0 Å². The third kappa shape index (κ3) is 4.04. The van der Waals surface area contributed by atoms with Gasteiger partial charge in [-0.2, -0.15) is 0 Å². The summed E-state index contributed by atoms with van der Waals surface area (Å²) in [5.41, 5.74) is 0.987. The van der Waals surface area contributed by atoms with E-state index in [0.29, 0.717) is 32.5 Å². The summed E-state index contributed by atoms with van der Waals surface area (Å²) in [6.07, 6.45) is 5.25. The molecule has 0 spiro atoms. The van der Waals surface area contributed by atoms with Crippen LogP contribution in [0.3, 0.4) is 0 Å². The Balaban J connectivity index is 2.06. The predicted molar refractivity (Wildman–Crippen MR) is 81.8 cm³/mol. The Hall–Kier alpha value is -1.95. The van der Waals surface area contributed by atoms with Crippen molar-refractivity contribution in [3.05, 3.63) is 30.1 Å². The van der Waals surface area contributed by atoms with Gasteiger partial charge >= 0.3 is 0 Å². The van der Waals surface area contributed by atoms with Crippen molar-refractivity contribution in [2.75, 3.05) is 19.7 Å². The Kier molecular flexibility index (Phi) is 5.89. The predicted octanol–water partition coefficient (Wildman–Crippen LogP) is 0.803. The number of carbonyl (C=O) groups excluding carboxylic acids is 2. The van der Waals surface area contributed by atoms with Crippen LogP contribution >= 0.6 is 0 Å². The first-order chi connectivity index (χ1) is 10.6. The third-order valence-corrected chi connectivity index (χ3v) is 3.96. The van der Waals surface area contributed by atoms with Crippen molar-refractivity contribution in [1.29, 1.82) is 0 Å². The van der Waals surface area contributed by atoms with Crippen LogP contribution in [-0.2, 0) is 16.1 Å². The lowest BCUT2D eigenvalue weighted by molar-refractivity contribution is -0.143. The zero-order valence-corrected chi connectivity index (χ0v) is 12.9. The van der Waals surface area contributed by atoms with Crippen LogP contribution < -0.4 is 0 Å². The second-order valence-corrected chi connectivity index (χ2v) is 5.56. The van der Waals surface area contributed by atoms with Crippen molar-refractivity contribution in [2.24, 2.45) is 0 Å². The van der Waals surface area contributed by atoms with Crippen LogP contribution in [0.4, 0.5) is 0 Å². The molecule has 0 aliphatic carbocycles. The van der Waals surface area contributed by atoms with Gasteiger partial charge in [0.1, 0.15) is 6.04 Å². The first-order valence-corrected chi connectivity index (χ1v) is 7.71. The van der Waals surface area contributed by atoms with Gasteiger partial charge in [0.25, 0.3) is 0 Å². The number of aromatic nitrogens is 1. The molecule has 2 rings (SSSR count). The summed E-state index contributed by atoms with van der Waals surface area (Å²) in [7, 11) is 0. The van der Waals surface area contributed by atoms with E-state index in [2.05, 4.69) is 4.98 Å². The van der Waals surface area contributed by atoms with Crippen LogP contribution in [0.5, 0.6) is 0 Å². The summed E-state index contributed by atoms with van der Waals surface area (Å²) >= 11 is 0. The van der Waals surface area contributed by atoms with Crippen LogP contribution in [0.15, 0.2) is 24.5 Å². The Morgan fingerprint density at radius 2 is 2.18 bits per heavy atom. The van der Waals surface area contributed by atoms with Gasteiger partial charge < -0.3 is 14.9 Å². The molecule has 120 valence electrons. The Morgan fingerprint density at radius 1 is 1.45 bits per heavy atom. The van der Waals surface area contributed by atoms with Gasteiger partial charge in [0.2, 0.25) is 11.8 Å². The highest BCUT2D eigenvalue weighted by Gasteiger charge is 2.31. The maximum absolute atomic E-state index is 12.7. The minimum atomic E-state index is -0.449. The first kappa shape index (κ1) is 16.4. The number of hydrogen-bond acceptors (Lipinski definition) is 4. The lowest BCUT2D eigenvalue weighted by atomic mass is 10.2. The average Bonchev–Trinajstić information content (AvgIpc) is 2.97. The number of carbonyl (C=O) groups is 2. The Morgan fingerprint density at radius 3 is 2.77 bits per heavy atom. The van der Waals surface area contributed by atoms with Crippen LogP contribution in [0.2, 0.25) is 0 Å². The minimum Gasteiger partial charge on any atom is -0.396 e. The van der Waals surface area contributed by atoms with Crippen LogP contribution in [0, 0.1) is 0 Å². The third-order valence-electron chi connectivity index (χ3n) is 3.96. The SMILES string of the molecule is CC(C(=O)N(CCCO)Cc1ccncc1)N1CCCC1=O. The van der Waals surface area contributed by atoms with Gasteiger partial charge in [-0.1, -0.05) is 0 Å². The maximum atomic E-state index is 12.7. The van der Waals surface area contributed by atoms with Crippen LogP contribution in [0.25, 0.3) is 0 Å². The zero-order chi connectivity index (χ0) is 15.9. The number of pyridine rings is 1. The number of likely N-dealkylation sites (tertiary alicyclic amines) is 1. The summed E-state index contributed by atoms with van der Waals surface area (Å²) in [6.45, 7) is 3.41. The minimum absolute atomic E-state index is 0.0388. The molecule has 1 atom stereocenters. The van der Waals surface area contributed by atoms with Gasteiger partial charge in [0.15, 0.2) is 0 Å². The van der Waals surface area contributed by atoms with E-state index in [9.17, 15) is 9.59 Å². The summed E-state index contributed by atoms with van der Waals surface area (Å²) in [4.78, 5) is 31.9. The van der Waals surface area contributed by atoms with Crippen LogP contribution in [0.1, 0.15) is 31.7 Å². The van der Waals surface area contributed by atoms with Crippen molar-refractivity contribution in [2.45, 2.75) is 38.8 Å². The molecule has 0 bridgehead atoms. The number of aliphatic hydroxyl groups is 1. The summed E-state index contributed by atoms with van der Waals surface area (Å²) < 4.78 is 0. The molecule has 2 heterocycles. The fraction of sp³-hybridized carbons (Fsp3) is 0.562. The monoisotopic (exact) mass is 305 g/mol. The van der Waals surface area contributed by atoms with E-state index in [1.807, 2.05) is 12.1 Å². The van der Waals surface area contributed by atoms with Crippen molar-refractivity contribution in [1.82, 2.24) is 14.8 Å². The largest absolute Gasteiger partial charge is 0.396 e. The molecule has 22 heavy (non-hydrogen) atoms. The number of hydrogen-bond donors (Lipinski definition) is 1. The van der Waals surface area contributed by atoms with E-state index in [-0.39, 0.29) is 18.4 Å². The lowest BCUT2D eigenvalue weighted by Gasteiger charge is -2.30. The maximum Gasteiger partial charge on any atom is 0.245 e. The van der Waals surface area contributed by atoms with E-state index in [0.717, 1.165) is 12.0 Å². The smallest absolute Gasteiger partial charge is 0.245 e. The molecule has 1 aromatic rings. The molecule has 6 nitrogen and oxygen atoms in total. The van der Waals surface area contributed by atoms with E-state index < -0.39 is 6.04 Å². The molecule has 1 fully saturated rings. The number of aliphatic hydroxyl groups excluding tert-OH is 1. The summed E-state index contributed by atoms with van der Waals surface area (Å²) in [5, 5.41) is 9.04. The average molecular weight is 305 g/mol. The lowest BCUT2D eigenvalue weighted by Crippen LogP contribution is -2.47. The molecular weight excluding hydrogens is 282 g/mol. The van der Waals surface area contributed by atoms with Gasteiger partial charge in [-0.15, -0.1) is 0 Å². The van der Waals surface area contributed by atoms with Gasteiger partial charge in [0, 0.05) is 45.1 Å². The van der Waals surface area contributed by atoms with E-state index in [1.54, 1.807) is 29.1 Å². The second kappa shape index (κ2) is 7.89. The molecule has 0 aromatic carbocycles. The Bertz CT molecular complexity index is 507. The molecule has 0 radical (unpaired) electrons. The van der Waals surface area contributed by atoms with Crippen LogP contribution in [-0.4, -0.2) is 57.4 Å².